The number of hydrogen-bond acceptors (Lipinski definition) is 4. The fourth-order valence-electron chi connectivity index (χ4n) is 3.07. The van der Waals surface area contributed by atoms with E-state index in [1.54, 1.807) is 30.3 Å². The number of benzene rings is 2. The molecule has 7 nitrogen and oxygen atoms in total. The number of carboxylic acid groups (broad SMARTS) is 1. The molecule has 0 bridgehead atoms. The number of aromatic nitrogens is 2. The quantitative estimate of drug-likeness (QED) is 0.562. The maximum absolute atomic E-state index is 12.9. The third kappa shape index (κ3) is 4.99. The summed E-state index contributed by atoms with van der Waals surface area (Å²) >= 11 is 6.27. The average Bonchev–Trinajstić information content (AvgIpc) is 3.11. The summed E-state index contributed by atoms with van der Waals surface area (Å²) in [6, 6.07) is 15.3. The van der Waals surface area contributed by atoms with Gasteiger partial charge in [-0.05, 0) is 31.5 Å². The van der Waals surface area contributed by atoms with Crippen LogP contribution < -0.4 is 10.1 Å². The Bertz CT molecular complexity index is 1060. The first-order valence-corrected chi connectivity index (χ1v) is 9.83. The Balaban J connectivity index is 1.92. The van der Waals surface area contributed by atoms with Crippen LogP contribution in [-0.4, -0.2) is 33.4 Å². The van der Waals surface area contributed by atoms with Crippen molar-refractivity contribution in [3.05, 3.63) is 76.4 Å². The molecule has 3 aromatic rings. The second-order valence-corrected chi connectivity index (χ2v) is 7.11. The highest BCUT2D eigenvalue weighted by atomic mass is 35.5. The highest BCUT2D eigenvalue weighted by Crippen LogP contribution is 2.26. The molecule has 0 radical (unpaired) electrons. The molecule has 1 aromatic heterocycles. The number of nitrogens with zero attached hydrogens (tertiary/aromatic N) is 2. The topological polar surface area (TPSA) is 93.4 Å². The summed E-state index contributed by atoms with van der Waals surface area (Å²) in [5.41, 5.74) is 2.35. The van der Waals surface area contributed by atoms with Gasteiger partial charge < -0.3 is 15.2 Å². The first-order valence-electron chi connectivity index (χ1n) is 9.46. The molecule has 0 aliphatic heterocycles. The predicted octanol–water partition coefficient (Wildman–Crippen LogP) is 4.18. The molecule has 2 N–H and O–H groups in total. The van der Waals surface area contributed by atoms with Crippen LogP contribution in [0.3, 0.4) is 0 Å². The molecule has 1 heterocycles. The third-order valence-corrected chi connectivity index (χ3v) is 4.73. The van der Waals surface area contributed by atoms with Crippen LogP contribution in [0.4, 0.5) is 0 Å². The zero-order chi connectivity index (χ0) is 21.7. The van der Waals surface area contributed by atoms with Gasteiger partial charge in [0.15, 0.2) is 5.69 Å². The highest BCUT2D eigenvalue weighted by molar-refractivity contribution is 6.32. The summed E-state index contributed by atoms with van der Waals surface area (Å²) in [5.74, 6) is -1.16. The summed E-state index contributed by atoms with van der Waals surface area (Å²) < 4.78 is 7.07. The van der Waals surface area contributed by atoms with Crippen LogP contribution in [0.25, 0.3) is 5.69 Å². The van der Waals surface area contributed by atoms with Gasteiger partial charge in [-0.1, -0.05) is 53.6 Å². The van der Waals surface area contributed by atoms with Crippen LogP contribution >= 0.6 is 11.6 Å². The van der Waals surface area contributed by atoms with E-state index in [1.165, 1.54) is 10.7 Å². The van der Waals surface area contributed by atoms with Crippen LogP contribution in [0.15, 0.2) is 54.6 Å². The number of aryl methyl sites for hydroxylation is 1. The summed E-state index contributed by atoms with van der Waals surface area (Å²) in [6.07, 6.45) is -0.251. The van der Waals surface area contributed by atoms with Crippen molar-refractivity contribution >= 4 is 23.5 Å². The molecule has 0 unspecified atom stereocenters. The Labute approximate surface area is 179 Å². The Morgan fingerprint density at radius 2 is 1.97 bits per heavy atom. The lowest BCUT2D eigenvalue weighted by molar-refractivity contribution is -0.137. The van der Waals surface area contributed by atoms with E-state index in [9.17, 15) is 14.7 Å². The second kappa shape index (κ2) is 9.45. The van der Waals surface area contributed by atoms with E-state index in [2.05, 4.69) is 10.4 Å². The van der Waals surface area contributed by atoms with Crippen molar-refractivity contribution in [3.8, 4) is 11.6 Å². The Kier molecular flexibility index (Phi) is 6.74. The summed E-state index contributed by atoms with van der Waals surface area (Å²) in [5, 5.41) is 16.9. The van der Waals surface area contributed by atoms with E-state index in [-0.39, 0.29) is 12.1 Å². The predicted molar refractivity (Wildman–Crippen MR) is 113 cm³/mol. The van der Waals surface area contributed by atoms with Crippen molar-refractivity contribution in [1.82, 2.24) is 15.1 Å². The molecular weight excluding hydrogens is 406 g/mol. The second-order valence-electron chi connectivity index (χ2n) is 6.70. The smallest absolute Gasteiger partial charge is 0.305 e. The minimum Gasteiger partial charge on any atom is -0.481 e. The molecule has 0 saturated heterocycles. The average molecular weight is 428 g/mol. The number of ether oxygens (including phenoxy) is 1. The third-order valence-electron chi connectivity index (χ3n) is 4.41. The maximum atomic E-state index is 12.9. The van der Waals surface area contributed by atoms with E-state index in [4.69, 9.17) is 16.3 Å². The van der Waals surface area contributed by atoms with E-state index < -0.39 is 17.9 Å². The van der Waals surface area contributed by atoms with E-state index in [1.807, 2.05) is 32.0 Å². The first-order chi connectivity index (χ1) is 14.4. The number of carboxylic acids is 1. The fraction of sp³-hybridized carbons (Fsp3) is 0.227. The molecule has 0 aliphatic carbocycles. The molecule has 1 amide bonds. The maximum Gasteiger partial charge on any atom is 0.305 e. The van der Waals surface area contributed by atoms with Crippen molar-refractivity contribution < 1.29 is 19.4 Å². The molecule has 0 spiro atoms. The lowest BCUT2D eigenvalue weighted by Gasteiger charge is -2.17. The first kappa shape index (κ1) is 21.4. The van der Waals surface area contributed by atoms with Gasteiger partial charge in [0.05, 0.1) is 29.8 Å². The van der Waals surface area contributed by atoms with Gasteiger partial charge in [0.2, 0.25) is 5.88 Å². The summed E-state index contributed by atoms with van der Waals surface area (Å²) in [6.45, 7) is 4.11. The lowest BCUT2D eigenvalue weighted by atomic mass is 10.0. The number of halogens is 1. The molecule has 1 atom stereocenters. The van der Waals surface area contributed by atoms with Crippen LogP contribution in [0.2, 0.25) is 5.02 Å². The van der Waals surface area contributed by atoms with Gasteiger partial charge in [0, 0.05) is 6.07 Å². The van der Waals surface area contributed by atoms with Crippen molar-refractivity contribution in [3.63, 3.8) is 0 Å². The number of rotatable bonds is 8. The van der Waals surface area contributed by atoms with Crippen LogP contribution in [0.1, 0.15) is 41.0 Å². The summed E-state index contributed by atoms with van der Waals surface area (Å²) in [4.78, 5) is 24.3. The van der Waals surface area contributed by atoms with Crippen molar-refractivity contribution in [2.75, 3.05) is 6.61 Å². The summed E-state index contributed by atoms with van der Waals surface area (Å²) in [7, 11) is 0. The Hall–Kier alpha value is -3.32. The molecule has 0 fully saturated rings. The number of aliphatic carboxylic acids is 1. The van der Waals surface area contributed by atoms with Crippen molar-refractivity contribution in [2.45, 2.75) is 26.3 Å². The standard InChI is InChI=1S/C22H22ClN3O4/c1-3-30-20-12-18(25-26(20)19-10-5-4-9-16(19)23)22(29)24-17(13-21(27)28)15-8-6-7-14(2)11-15/h4-12,17H,3,13H2,1-2H3,(H,24,29)(H,27,28)/t17-/m0/s1. The molecule has 3 rings (SSSR count). The zero-order valence-electron chi connectivity index (χ0n) is 16.6. The molecule has 0 saturated carbocycles. The molecule has 8 heteroatoms. The molecular formula is C22H22ClN3O4. The van der Waals surface area contributed by atoms with Crippen molar-refractivity contribution in [1.29, 1.82) is 0 Å². The van der Waals surface area contributed by atoms with Gasteiger partial charge in [0.1, 0.15) is 0 Å². The van der Waals surface area contributed by atoms with Gasteiger partial charge in [-0.3, -0.25) is 9.59 Å². The van der Waals surface area contributed by atoms with Crippen molar-refractivity contribution in [2.24, 2.45) is 0 Å². The minimum absolute atomic E-state index is 0.0985. The van der Waals surface area contributed by atoms with E-state index >= 15 is 0 Å². The van der Waals surface area contributed by atoms with E-state index in [0.717, 1.165) is 5.56 Å². The number of para-hydroxylation sites is 1. The molecule has 156 valence electrons. The number of hydrogen-bond donors (Lipinski definition) is 2. The van der Waals surface area contributed by atoms with Gasteiger partial charge in [-0.25, -0.2) is 0 Å². The monoisotopic (exact) mass is 427 g/mol. The van der Waals surface area contributed by atoms with Crippen LogP contribution in [0.5, 0.6) is 5.88 Å². The number of nitrogens with one attached hydrogen (secondary N) is 1. The number of carbonyl (C=O) groups excluding carboxylic acids is 1. The minimum atomic E-state index is -1.02. The van der Waals surface area contributed by atoms with Gasteiger partial charge >= 0.3 is 5.97 Å². The van der Waals surface area contributed by atoms with Gasteiger partial charge in [-0.2, -0.15) is 9.78 Å². The highest BCUT2D eigenvalue weighted by Gasteiger charge is 2.23. The van der Waals surface area contributed by atoms with E-state index in [0.29, 0.717) is 28.8 Å². The lowest BCUT2D eigenvalue weighted by Crippen LogP contribution is -2.30. The van der Waals surface area contributed by atoms with Crippen LogP contribution in [-0.2, 0) is 4.79 Å². The zero-order valence-corrected chi connectivity index (χ0v) is 17.4. The Morgan fingerprint density at radius 1 is 1.20 bits per heavy atom. The van der Waals surface area contributed by atoms with Gasteiger partial charge in [0.25, 0.3) is 5.91 Å². The molecule has 2 aromatic carbocycles. The number of carbonyl (C=O) groups is 2. The SMILES string of the molecule is CCOc1cc(C(=O)N[C@@H](CC(=O)O)c2cccc(C)c2)nn1-c1ccccc1Cl. The Morgan fingerprint density at radius 3 is 2.63 bits per heavy atom. The fourth-order valence-corrected chi connectivity index (χ4v) is 3.28. The van der Waals surface area contributed by atoms with Gasteiger partial charge in [-0.15, -0.1) is 0 Å². The molecule has 30 heavy (non-hydrogen) atoms. The number of amides is 1. The normalized spacial score (nSPS) is 11.7. The van der Waals surface area contributed by atoms with Crippen LogP contribution in [0, 0.1) is 6.92 Å². The molecule has 0 aliphatic rings. The largest absolute Gasteiger partial charge is 0.481 e.